The summed E-state index contributed by atoms with van der Waals surface area (Å²) in [5.74, 6) is -1.94. The van der Waals surface area contributed by atoms with Gasteiger partial charge in [0.25, 0.3) is 5.91 Å². The highest BCUT2D eigenvalue weighted by Crippen LogP contribution is 2.41. The fraction of sp³-hybridized carbons (Fsp3) is 0.167. The molecule has 0 aromatic heterocycles. The lowest BCUT2D eigenvalue weighted by molar-refractivity contribution is 0.0303. The second kappa shape index (κ2) is 15.5. The second-order valence-electron chi connectivity index (χ2n) is 10.3. The summed E-state index contributed by atoms with van der Waals surface area (Å²) in [6.07, 6.45) is 0. The summed E-state index contributed by atoms with van der Waals surface area (Å²) in [6, 6.07) is 22.9. The van der Waals surface area contributed by atoms with E-state index in [-0.39, 0.29) is 67.8 Å². The van der Waals surface area contributed by atoms with Gasteiger partial charge in [-0.3, -0.25) is 4.79 Å². The van der Waals surface area contributed by atoms with E-state index in [0.29, 0.717) is 43.0 Å². The molecule has 0 radical (unpaired) electrons. The molecule has 1 heterocycles. The lowest BCUT2D eigenvalue weighted by atomic mass is 9.93. The van der Waals surface area contributed by atoms with E-state index in [1.807, 2.05) is 24.3 Å². The number of carbonyl (C=O) groups excluding carboxylic acids is 1. The van der Waals surface area contributed by atoms with Crippen LogP contribution in [0.3, 0.4) is 0 Å². The summed E-state index contributed by atoms with van der Waals surface area (Å²) < 4.78 is 15.2. The van der Waals surface area contributed by atoms with Gasteiger partial charge >= 0.3 is 5.97 Å². The molecule has 1 aliphatic rings. The second-order valence-corrected chi connectivity index (χ2v) is 10.3. The first-order valence-corrected chi connectivity index (χ1v) is 14.4. The first kappa shape index (κ1) is 34.8. The highest BCUT2D eigenvalue weighted by Gasteiger charge is 2.23. The maximum Gasteiger partial charge on any atom is 0.335 e. The van der Waals surface area contributed by atoms with Crippen molar-refractivity contribution < 1.29 is 39.1 Å². The van der Waals surface area contributed by atoms with Crippen LogP contribution in [0, 0.1) is 45.3 Å². The number of phenols is 2. The molecule has 1 saturated heterocycles. The molecule has 4 aromatic carbocycles. The molecule has 13 nitrogen and oxygen atoms in total. The molecule has 3 N–H and O–H groups in total. The molecule has 49 heavy (non-hydrogen) atoms. The summed E-state index contributed by atoms with van der Waals surface area (Å²) >= 11 is 0. The third kappa shape index (κ3) is 7.19. The molecular formula is C36H27N5O8. The molecule has 13 heteroatoms. The standard InChI is InChI=1S/C20H17N3O4.C16H10N2O4/c1-26-17-10-15(11-21)18(16(12-22)19(17)24)13-3-2-4-14(9-13)20(25)23-5-7-27-8-6-23;1-22-13-6-11(7-17)14(12(8-18)15(13)19)9-3-2-4-10(5-9)16(20)21/h2-4,9-10,24H,5-8H2,1H3;2-6,19H,1H3,(H,20,21). The molecule has 0 bridgehead atoms. The van der Waals surface area contributed by atoms with Crippen molar-refractivity contribution in [3.05, 3.63) is 94.0 Å². The van der Waals surface area contributed by atoms with E-state index in [1.54, 1.807) is 35.2 Å². The van der Waals surface area contributed by atoms with Gasteiger partial charge in [0.2, 0.25) is 0 Å². The van der Waals surface area contributed by atoms with Crippen LogP contribution in [0.5, 0.6) is 23.0 Å². The Morgan fingerprint density at radius 2 is 1.16 bits per heavy atom. The minimum absolute atomic E-state index is 0.00578. The van der Waals surface area contributed by atoms with Crippen molar-refractivity contribution in [1.82, 2.24) is 4.90 Å². The minimum Gasteiger partial charge on any atom is -0.503 e. The number of carboxylic acids is 1. The lowest BCUT2D eigenvalue weighted by Crippen LogP contribution is -2.40. The zero-order valence-corrected chi connectivity index (χ0v) is 26.2. The fourth-order valence-electron chi connectivity index (χ4n) is 5.17. The number of morpholine rings is 1. The average Bonchev–Trinajstić information content (AvgIpc) is 3.14. The molecule has 0 atom stereocenters. The lowest BCUT2D eigenvalue weighted by Gasteiger charge is -2.27. The summed E-state index contributed by atoms with van der Waals surface area (Å²) in [6.45, 7) is 2.02. The van der Waals surface area contributed by atoms with E-state index in [4.69, 9.17) is 19.3 Å². The molecule has 0 saturated carbocycles. The Morgan fingerprint density at radius 1 is 0.714 bits per heavy atom. The summed E-state index contributed by atoms with van der Waals surface area (Å²) in [5.41, 5.74) is 1.83. The average molecular weight is 658 g/mol. The quantitative estimate of drug-likeness (QED) is 0.255. The summed E-state index contributed by atoms with van der Waals surface area (Å²) in [5, 5.41) is 67.0. The maximum absolute atomic E-state index is 12.7. The van der Waals surface area contributed by atoms with Gasteiger partial charge in [0.15, 0.2) is 23.0 Å². The minimum atomic E-state index is -1.13. The Labute approximate surface area is 280 Å². The van der Waals surface area contributed by atoms with Crippen LogP contribution in [0.4, 0.5) is 0 Å². The number of methoxy groups -OCH3 is 2. The number of rotatable bonds is 6. The highest BCUT2D eigenvalue weighted by molar-refractivity contribution is 5.96. The van der Waals surface area contributed by atoms with Crippen LogP contribution >= 0.6 is 0 Å². The van der Waals surface area contributed by atoms with Crippen LogP contribution in [0.25, 0.3) is 22.3 Å². The van der Waals surface area contributed by atoms with Crippen LogP contribution in [0.1, 0.15) is 43.0 Å². The van der Waals surface area contributed by atoms with Gasteiger partial charge < -0.3 is 34.4 Å². The van der Waals surface area contributed by atoms with E-state index in [9.17, 15) is 40.8 Å². The molecular weight excluding hydrogens is 630 g/mol. The number of nitrogens with zero attached hydrogens (tertiary/aromatic N) is 5. The predicted octanol–water partition coefficient (Wildman–Crippen LogP) is 4.79. The van der Waals surface area contributed by atoms with Gasteiger partial charge in [0.1, 0.15) is 23.3 Å². The van der Waals surface area contributed by atoms with Crippen molar-refractivity contribution in [2.24, 2.45) is 0 Å². The van der Waals surface area contributed by atoms with Gasteiger partial charge in [-0.25, -0.2) is 4.79 Å². The third-order valence-corrected chi connectivity index (χ3v) is 7.53. The van der Waals surface area contributed by atoms with Crippen molar-refractivity contribution >= 4 is 11.9 Å². The van der Waals surface area contributed by atoms with Gasteiger partial charge in [0, 0.05) is 41.9 Å². The molecule has 1 fully saturated rings. The third-order valence-electron chi connectivity index (χ3n) is 7.53. The molecule has 0 spiro atoms. The van der Waals surface area contributed by atoms with Crippen LogP contribution in [-0.2, 0) is 4.74 Å². The topological polar surface area (TPSA) is 221 Å². The van der Waals surface area contributed by atoms with Crippen LogP contribution in [0.15, 0.2) is 60.7 Å². The Balaban J connectivity index is 0.000000226. The van der Waals surface area contributed by atoms with Crippen molar-refractivity contribution in [3.8, 4) is 69.5 Å². The number of benzene rings is 4. The van der Waals surface area contributed by atoms with Crippen molar-refractivity contribution in [2.45, 2.75) is 0 Å². The van der Waals surface area contributed by atoms with Gasteiger partial charge in [-0.2, -0.15) is 21.0 Å². The Morgan fingerprint density at radius 3 is 1.57 bits per heavy atom. The van der Waals surface area contributed by atoms with Gasteiger partial charge in [-0.05, 0) is 35.4 Å². The number of aromatic carboxylic acids is 1. The molecule has 1 amide bonds. The highest BCUT2D eigenvalue weighted by atomic mass is 16.5. The SMILES string of the molecule is COc1cc(C#N)c(-c2cccc(C(=O)N3CCOCC3)c2)c(C#N)c1O.COc1cc(C#N)c(-c2cccc(C(=O)O)c2)c(C#N)c1O. The molecule has 0 unspecified atom stereocenters. The van der Waals surface area contributed by atoms with Crippen molar-refractivity contribution in [1.29, 1.82) is 21.0 Å². The van der Waals surface area contributed by atoms with Gasteiger partial charge in [0.05, 0.1) is 56.3 Å². The number of ether oxygens (including phenoxy) is 3. The zero-order chi connectivity index (χ0) is 35.7. The Kier molecular flexibility index (Phi) is 11.0. The number of aromatic hydroxyl groups is 2. The summed E-state index contributed by atoms with van der Waals surface area (Å²) in [4.78, 5) is 25.5. The molecule has 0 aliphatic carbocycles. The number of phenolic OH excluding ortho intramolecular Hbond substituents is 2. The molecule has 4 aromatic rings. The van der Waals surface area contributed by atoms with E-state index in [0.717, 1.165) is 0 Å². The summed E-state index contributed by atoms with van der Waals surface area (Å²) in [7, 11) is 2.65. The van der Waals surface area contributed by atoms with Crippen molar-refractivity contribution in [2.75, 3.05) is 40.5 Å². The Bertz CT molecular complexity index is 2110. The molecule has 1 aliphatic heterocycles. The van der Waals surface area contributed by atoms with E-state index in [2.05, 4.69) is 0 Å². The molecule has 5 rings (SSSR count). The smallest absolute Gasteiger partial charge is 0.335 e. The van der Waals surface area contributed by atoms with E-state index >= 15 is 0 Å². The maximum atomic E-state index is 12.7. The largest absolute Gasteiger partial charge is 0.503 e. The first-order chi connectivity index (χ1) is 23.6. The zero-order valence-electron chi connectivity index (χ0n) is 26.2. The number of carbonyl (C=O) groups is 2. The van der Waals surface area contributed by atoms with Crippen LogP contribution < -0.4 is 9.47 Å². The van der Waals surface area contributed by atoms with Crippen LogP contribution in [0.2, 0.25) is 0 Å². The van der Waals surface area contributed by atoms with Gasteiger partial charge in [-0.1, -0.05) is 24.3 Å². The van der Waals surface area contributed by atoms with E-state index in [1.165, 1.54) is 44.6 Å². The molecule has 244 valence electrons. The number of amides is 1. The van der Waals surface area contributed by atoms with Gasteiger partial charge in [-0.15, -0.1) is 0 Å². The normalized spacial score (nSPS) is 11.8. The van der Waals surface area contributed by atoms with Crippen LogP contribution in [-0.4, -0.2) is 72.6 Å². The van der Waals surface area contributed by atoms with Crippen molar-refractivity contribution in [3.63, 3.8) is 0 Å². The number of hydrogen-bond acceptors (Lipinski definition) is 11. The Hall–Kier alpha value is -7.06. The number of carboxylic acid groups (broad SMARTS) is 1. The first-order valence-electron chi connectivity index (χ1n) is 14.4. The van der Waals surface area contributed by atoms with E-state index < -0.39 is 5.97 Å². The predicted molar refractivity (Wildman–Crippen MR) is 173 cm³/mol. The monoisotopic (exact) mass is 657 g/mol. The number of hydrogen-bond donors (Lipinski definition) is 3. The fourth-order valence-corrected chi connectivity index (χ4v) is 5.17. The number of nitriles is 4.